The normalized spacial score (nSPS) is 16.3. The number of hydrogen-bond donors (Lipinski definition) is 1. The van der Waals surface area contributed by atoms with Crippen LogP contribution in [-0.4, -0.2) is 43.0 Å². The Morgan fingerprint density at radius 2 is 1.52 bits per heavy atom. The number of carbonyl (C=O) groups is 1. The Kier molecular flexibility index (Phi) is 5.07. The van der Waals surface area contributed by atoms with Gasteiger partial charge in [0.15, 0.2) is 0 Å². The highest BCUT2D eigenvalue weighted by atomic mass is 16.2. The number of nitrogens with one attached hydrogen (secondary N) is 1. The van der Waals surface area contributed by atoms with Gasteiger partial charge in [-0.3, -0.25) is 9.69 Å². The predicted octanol–water partition coefficient (Wildman–Crippen LogP) is 3.99. The number of carbonyl (C=O) groups excluding carboxylic acids is 1. The summed E-state index contributed by atoms with van der Waals surface area (Å²) < 4.78 is 0. The van der Waals surface area contributed by atoms with Gasteiger partial charge in [0.05, 0.1) is 6.04 Å². The molecule has 0 unspecified atom stereocenters. The van der Waals surface area contributed by atoms with Crippen molar-refractivity contribution in [1.29, 1.82) is 0 Å². The van der Waals surface area contributed by atoms with E-state index in [4.69, 9.17) is 0 Å². The first-order chi connectivity index (χ1) is 13.2. The lowest BCUT2D eigenvalue weighted by molar-refractivity contribution is -0.120. The highest BCUT2D eigenvalue weighted by molar-refractivity contribution is 5.97. The molecule has 4 nitrogen and oxygen atoms in total. The number of hydrogen-bond acceptors (Lipinski definition) is 3. The first-order valence-electron chi connectivity index (χ1n) is 9.54. The van der Waals surface area contributed by atoms with Gasteiger partial charge in [0.2, 0.25) is 5.91 Å². The third-order valence-corrected chi connectivity index (χ3v) is 5.38. The van der Waals surface area contributed by atoms with Crippen molar-refractivity contribution < 1.29 is 4.79 Å². The Balaban J connectivity index is 1.36. The molecule has 4 heteroatoms. The molecule has 3 aromatic rings. The SMILES string of the molecule is C[C@H](C(=O)Nc1ccc2ccccc2c1)N1CCN(c2ccccc2)CC1. The second-order valence-electron chi connectivity index (χ2n) is 7.09. The second-order valence-corrected chi connectivity index (χ2v) is 7.09. The summed E-state index contributed by atoms with van der Waals surface area (Å²) in [6.07, 6.45) is 0. The fourth-order valence-electron chi connectivity index (χ4n) is 3.69. The number of para-hydroxylation sites is 1. The molecule has 1 heterocycles. The number of amides is 1. The van der Waals surface area contributed by atoms with Crippen molar-refractivity contribution in [3.8, 4) is 0 Å². The molecule has 27 heavy (non-hydrogen) atoms. The lowest BCUT2D eigenvalue weighted by Crippen LogP contribution is -2.52. The third-order valence-electron chi connectivity index (χ3n) is 5.38. The van der Waals surface area contributed by atoms with Crippen molar-refractivity contribution in [3.05, 3.63) is 72.8 Å². The molecular weight excluding hydrogens is 334 g/mol. The number of fused-ring (bicyclic) bond motifs is 1. The van der Waals surface area contributed by atoms with Gasteiger partial charge >= 0.3 is 0 Å². The summed E-state index contributed by atoms with van der Waals surface area (Å²) >= 11 is 0. The van der Waals surface area contributed by atoms with Crippen LogP contribution in [0.4, 0.5) is 11.4 Å². The van der Waals surface area contributed by atoms with Crippen LogP contribution in [0.5, 0.6) is 0 Å². The summed E-state index contributed by atoms with van der Waals surface area (Å²) in [7, 11) is 0. The Morgan fingerprint density at radius 1 is 0.852 bits per heavy atom. The van der Waals surface area contributed by atoms with Gasteiger partial charge in [-0.2, -0.15) is 0 Å². The largest absolute Gasteiger partial charge is 0.369 e. The molecule has 4 rings (SSSR count). The van der Waals surface area contributed by atoms with Crippen molar-refractivity contribution in [2.45, 2.75) is 13.0 Å². The van der Waals surface area contributed by atoms with E-state index in [0.717, 1.165) is 37.3 Å². The zero-order valence-corrected chi connectivity index (χ0v) is 15.6. The maximum Gasteiger partial charge on any atom is 0.241 e. The molecular formula is C23H25N3O. The van der Waals surface area contributed by atoms with Crippen LogP contribution in [0, 0.1) is 0 Å². The Bertz CT molecular complexity index is 917. The lowest BCUT2D eigenvalue weighted by atomic mass is 10.1. The summed E-state index contributed by atoms with van der Waals surface area (Å²) in [6, 6.07) is 24.6. The van der Waals surface area contributed by atoms with Gasteiger partial charge < -0.3 is 10.2 Å². The third kappa shape index (κ3) is 3.96. The molecule has 1 fully saturated rings. The van der Waals surface area contributed by atoms with Crippen molar-refractivity contribution in [2.24, 2.45) is 0 Å². The molecule has 1 aliphatic rings. The molecule has 3 aromatic carbocycles. The number of nitrogens with zero attached hydrogens (tertiary/aromatic N) is 2. The van der Waals surface area contributed by atoms with Crippen molar-refractivity contribution in [1.82, 2.24) is 4.90 Å². The average molecular weight is 359 g/mol. The lowest BCUT2D eigenvalue weighted by Gasteiger charge is -2.38. The summed E-state index contributed by atoms with van der Waals surface area (Å²) in [6.45, 7) is 5.66. The highest BCUT2D eigenvalue weighted by Crippen LogP contribution is 2.20. The quantitative estimate of drug-likeness (QED) is 0.765. The van der Waals surface area contributed by atoms with Crippen molar-refractivity contribution in [3.63, 3.8) is 0 Å². The van der Waals surface area contributed by atoms with Gasteiger partial charge in [0, 0.05) is 37.6 Å². The Labute approximate surface area is 160 Å². The van der Waals surface area contributed by atoms with Crippen LogP contribution < -0.4 is 10.2 Å². The molecule has 1 N–H and O–H groups in total. The molecule has 0 saturated carbocycles. The summed E-state index contributed by atoms with van der Waals surface area (Å²) in [5.41, 5.74) is 2.11. The van der Waals surface area contributed by atoms with E-state index in [1.807, 2.05) is 43.3 Å². The van der Waals surface area contributed by atoms with Gasteiger partial charge in [-0.05, 0) is 42.0 Å². The summed E-state index contributed by atoms with van der Waals surface area (Å²) in [4.78, 5) is 17.4. The summed E-state index contributed by atoms with van der Waals surface area (Å²) in [5.74, 6) is 0.0541. The molecule has 0 aliphatic carbocycles. The zero-order chi connectivity index (χ0) is 18.6. The minimum absolute atomic E-state index is 0.0541. The van der Waals surface area contributed by atoms with Crippen LogP contribution in [0.25, 0.3) is 10.8 Å². The van der Waals surface area contributed by atoms with Crippen LogP contribution in [-0.2, 0) is 4.79 Å². The van der Waals surface area contributed by atoms with E-state index in [1.165, 1.54) is 11.1 Å². The first-order valence-corrected chi connectivity index (χ1v) is 9.54. The van der Waals surface area contributed by atoms with Crippen LogP contribution >= 0.6 is 0 Å². The van der Waals surface area contributed by atoms with E-state index in [2.05, 4.69) is 51.5 Å². The maximum atomic E-state index is 12.7. The number of benzene rings is 3. The molecule has 0 aromatic heterocycles. The minimum atomic E-state index is -0.144. The fourth-order valence-corrected chi connectivity index (χ4v) is 3.69. The van der Waals surface area contributed by atoms with Crippen molar-refractivity contribution in [2.75, 3.05) is 36.4 Å². The van der Waals surface area contributed by atoms with E-state index in [1.54, 1.807) is 0 Å². The number of rotatable bonds is 4. The standard InChI is InChI=1S/C23H25N3O/c1-18(25-13-15-26(16-14-25)22-9-3-2-4-10-22)23(27)24-21-12-11-19-7-5-6-8-20(19)17-21/h2-12,17-18H,13-16H2,1H3,(H,24,27)/t18-/m1/s1. The second kappa shape index (κ2) is 7.80. The fraction of sp³-hybridized carbons (Fsp3) is 0.261. The number of anilines is 2. The van der Waals surface area contributed by atoms with E-state index in [0.29, 0.717) is 0 Å². The van der Waals surface area contributed by atoms with Crippen LogP contribution in [0.1, 0.15) is 6.92 Å². The highest BCUT2D eigenvalue weighted by Gasteiger charge is 2.25. The van der Waals surface area contributed by atoms with Crippen LogP contribution in [0.2, 0.25) is 0 Å². The molecule has 1 aliphatic heterocycles. The monoisotopic (exact) mass is 359 g/mol. The van der Waals surface area contributed by atoms with E-state index in [-0.39, 0.29) is 11.9 Å². The van der Waals surface area contributed by atoms with Gasteiger partial charge in [0.1, 0.15) is 0 Å². The van der Waals surface area contributed by atoms with Gasteiger partial charge in [-0.15, -0.1) is 0 Å². The van der Waals surface area contributed by atoms with Gasteiger partial charge in [0.25, 0.3) is 0 Å². The first kappa shape index (κ1) is 17.6. The van der Waals surface area contributed by atoms with Crippen LogP contribution in [0.3, 0.4) is 0 Å². The molecule has 1 amide bonds. The van der Waals surface area contributed by atoms with E-state index in [9.17, 15) is 4.79 Å². The Hall–Kier alpha value is -2.85. The van der Waals surface area contributed by atoms with E-state index < -0.39 is 0 Å². The Morgan fingerprint density at radius 3 is 2.26 bits per heavy atom. The van der Waals surface area contributed by atoms with Crippen molar-refractivity contribution >= 4 is 28.1 Å². The topological polar surface area (TPSA) is 35.6 Å². The molecule has 0 radical (unpaired) electrons. The smallest absolute Gasteiger partial charge is 0.241 e. The predicted molar refractivity (Wildman–Crippen MR) is 112 cm³/mol. The molecule has 0 bridgehead atoms. The van der Waals surface area contributed by atoms with E-state index >= 15 is 0 Å². The zero-order valence-electron chi connectivity index (χ0n) is 15.6. The molecule has 1 saturated heterocycles. The van der Waals surface area contributed by atoms with Gasteiger partial charge in [-0.1, -0.05) is 48.5 Å². The van der Waals surface area contributed by atoms with Crippen LogP contribution in [0.15, 0.2) is 72.8 Å². The molecule has 138 valence electrons. The minimum Gasteiger partial charge on any atom is -0.369 e. The molecule has 1 atom stereocenters. The molecule has 0 spiro atoms. The van der Waals surface area contributed by atoms with Gasteiger partial charge in [-0.25, -0.2) is 0 Å². The summed E-state index contributed by atoms with van der Waals surface area (Å²) in [5, 5.41) is 5.40. The average Bonchev–Trinajstić information content (AvgIpc) is 2.74. The maximum absolute atomic E-state index is 12.7. The number of piperazine rings is 1.